The minimum Gasteiger partial charge on any atom is -0.459 e. The first-order chi connectivity index (χ1) is 33.2. The van der Waals surface area contributed by atoms with Crippen molar-refractivity contribution in [3.63, 3.8) is 0 Å². The molecule has 5 N–H and O–H groups in total. The number of cyclic esters (lactones) is 1. The Balaban J connectivity index is 1.24. The van der Waals surface area contributed by atoms with E-state index in [2.05, 4.69) is 15.5 Å². The molecule has 4 aliphatic rings. The third kappa shape index (κ3) is 13.0. The molecule has 0 spiro atoms. The average molecular weight is 1010 g/mol. The van der Waals surface area contributed by atoms with E-state index in [-0.39, 0.29) is 31.3 Å². The van der Waals surface area contributed by atoms with Crippen LogP contribution in [0.1, 0.15) is 113 Å². The standard InChI is InChI=1S/C51H82F2N6O12/c1-14-41-51(10,65)44(61)31(6)58(12)24-27(2)22-49(8,64)46(29(4)42(30(5)47(63)69-41)40-23-50(9,66-13)45(62)32(7)68-40)70-48-43(60)39(17-28(3)67-48)57(11)16-15-36-25-59(56-54-36)26-37-21-38(55-71-37)33-18-34(52)20-35(53)19-33/h18-20,25,27-32,37,39-46,48,60-62,64-65H,14-17,21-24,26H2,1-13H3/t27-,28-,29+,30-,31-,32+,37-,39+,40?,41-,42+,43-,44-,45+,46-,48+,49-,50-,51-/m1/s1. The number of ether oxygens (including phenoxy) is 5. The van der Waals surface area contributed by atoms with Crippen LogP contribution in [-0.4, -0.2) is 186 Å². The predicted molar refractivity (Wildman–Crippen MR) is 258 cm³/mol. The van der Waals surface area contributed by atoms with E-state index in [0.717, 1.165) is 6.07 Å². The maximum Gasteiger partial charge on any atom is 0.309 e. The topological polar surface area (TPSA) is 223 Å². The normalized spacial score (nSPS) is 41.5. The fourth-order valence-corrected chi connectivity index (χ4v) is 11.8. The van der Waals surface area contributed by atoms with Gasteiger partial charge in [-0.15, -0.1) is 5.10 Å². The van der Waals surface area contributed by atoms with Gasteiger partial charge in [-0.05, 0) is 98.9 Å². The van der Waals surface area contributed by atoms with Gasteiger partial charge in [0.2, 0.25) is 0 Å². The van der Waals surface area contributed by atoms with Crippen molar-refractivity contribution in [2.24, 2.45) is 28.8 Å². The number of benzene rings is 1. The van der Waals surface area contributed by atoms with Crippen molar-refractivity contribution >= 4 is 11.7 Å². The molecule has 71 heavy (non-hydrogen) atoms. The number of aliphatic hydroxyl groups is 5. The molecule has 0 saturated carbocycles. The van der Waals surface area contributed by atoms with Crippen molar-refractivity contribution in [1.29, 1.82) is 0 Å². The highest BCUT2D eigenvalue weighted by Crippen LogP contribution is 2.45. The maximum absolute atomic E-state index is 14.6. The summed E-state index contributed by atoms with van der Waals surface area (Å²) >= 11 is 0. The third-order valence-corrected chi connectivity index (χ3v) is 16.1. The number of hydrogen-bond acceptors (Lipinski definition) is 17. The van der Waals surface area contributed by atoms with Gasteiger partial charge in [0, 0.05) is 75.3 Å². The van der Waals surface area contributed by atoms with Gasteiger partial charge in [0.15, 0.2) is 12.4 Å². The van der Waals surface area contributed by atoms with Crippen molar-refractivity contribution < 1.29 is 67.6 Å². The number of carbonyl (C=O) groups excluding carboxylic acids is 1. The number of hydrogen-bond donors (Lipinski definition) is 5. The lowest BCUT2D eigenvalue weighted by atomic mass is 9.68. The Morgan fingerprint density at radius 2 is 1.65 bits per heavy atom. The Labute approximate surface area is 417 Å². The number of oxime groups is 1. The molecule has 20 heteroatoms. The summed E-state index contributed by atoms with van der Waals surface area (Å²) in [5.41, 5.74) is -3.06. The summed E-state index contributed by atoms with van der Waals surface area (Å²) < 4.78 is 61.5. The Hall–Kier alpha value is -3.28. The van der Waals surface area contributed by atoms with E-state index < -0.39 is 119 Å². The van der Waals surface area contributed by atoms with Crippen LogP contribution in [0.25, 0.3) is 0 Å². The van der Waals surface area contributed by atoms with Crippen molar-refractivity contribution in [2.75, 3.05) is 34.3 Å². The molecule has 6 rings (SSSR count). The number of esters is 1. The van der Waals surface area contributed by atoms with Crippen molar-refractivity contribution in [1.82, 2.24) is 24.8 Å². The molecule has 0 radical (unpaired) electrons. The molecule has 1 unspecified atom stereocenters. The van der Waals surface area contributed by atoms with Crippen molar-refractivity contribution in [2.45, 2.75) is 204 Å². The summed E-state index contributed by atoms with van der Waals surface area (Å²) in [7, 11) is 5.26. The van der Waals surface area contributed by atoms with Crippen LogP contribution >= 0.6 is 0 Å². The summed E-state index contributed by atoms with van der Waals surface area (Å²) in [6, 6.07) is 2.21. The van der Waals surface area contributed by atoms with Crippen LogP contribution in [0, 0.1) is 35.3 Å². The molecular formula is C51H82F2N6O12. The van der Waals surface area contributed by atoms with Gasteiger partial charge in [-0.3, -0.25) is 4.79 Å². The molecule has 0 bridgehead atoms. The summed E-state index contributed by atoms with van der Waals surface area (Å²) in [5.74, 6) is -4.64. The summed E-state index contributed by atoms with van der Waals surface area (Å²) in [5, 5.41) is 72.7. The molecule has 2 aromatic rings. The molecule has 402 valence electrons. The fraction of sp³-hybridized carbons (Fsp3) is 0.804. The molecule has 0 amide bonds. The van der Waals surface area contributed by atoms with Gasteiger partial charge in [0.05, 0.1) is 59.5 Å². The summed E-state index contributed by atoms with van der Waals surface area (Å²) in [4.78, 5) is 24.1. The molecule has 18 nitrogen and oxygen atoms in total. The molecule has 1 aromatic heterocycles. The number of rotatable bonds is 12. The molecule has 0 aliphatic carbocycles. The maximum atomic E-state index is 14.6. The second-order valence-corrected chi connectivity index (χ2v) is 22.1. The van der Waals surface area contributed by atoms with E-state index in [1.165, 1.54) is 26.2 Å². The average Bonchev–Trinajstić information content (AvgIpc) is 3.97. The molecule has 4 aliphatic heterocycles. The monoisotopic (exact) mass is 1010 g/mol. The van der Waals surface area contributed by atoms with Crippen LogP contribution in [0.15, 0.2) is 29.6 Å². The van der Waals surface area contributed by atoms with Crippen LogP contribution in [0.3, 0.4) is 0 Å². The zero-order chi connectivity index (χ0) is 52.5. The molecule has 3 saturated heterocycles. The van der Waals surface area contributed by atoms with Gasteiger partial charge < -0.3 is 63.9 Å². The molecular weight excluding hydrogens is 927 g/mol. The second kappa shape index (κ2) is 23.1. The van der Waals surface area contributed by atoms with Crippen LogP contribution in [0.4, 0.5) is 8.78 Å². The van der Waals surface area contributed by atoms with Gasteiger partial charge in [-0.25, -0.2) is 13.5 Å². The van der Waals surface area contributed by atoms with E-state index in [0.29, 0.717) is 55.9 Å². The Morgan fingerprint density at radius 3 is 2.30 bits per heavy atom. The Kier molecular flexibility index (Phi) is 18.5. The number of carbonyl (C=O) groups is 1. The quantitative estimate of drug-likeness (QED) is 0.191. The highest BCUT2D eigenvalue weighted by molar-refractivity contribution is 6.01. The van der Waals surface area contributed by atoms with E-state index in [9.17, 15) is 39.1 Å². The minimum absolute atomic E-state index is 0.172. The number of likely N-dealkylation sites (N-methyl/N-ethyl adjacent to an activating group) is 2. The highest BCUT2D eigenvalue weighted by atomic mass is 19.1. The Morgan fingerprint density at radius 1 is 0.972 bits per heavy atom. The largest absolute Gasteiger partial charge is 0.459 e. The predicted octanol–water partition coefficient (Wildman–Crippen LogP) is 3.85. The zero-order valence-electron chi connectivity index (χ0n) is 43.9. The number of aromatic nitrogens is 3. The van der Waals surface area contributed by atoms with Crippen LogP contribution in [0.2, 0.25) is 0 Å². The smallest absolute Gasteiger partial charge is 0.309 e. The summed E-state index contributed by atoms with van der Waals surface area (Å²) in [6.45, 7) is 19.0. The number of aliphatic hydroxyl groups excluding tert-OH is 3. The van der Waals surface area contributed by atoms with Gasteiger partial charge in [-0.1, -0.05) is 38.1 Å². The van der Waals surface area contributed by atoms with Crippen LogP contribution in [-0.2, 0) is 46.3 Å². The number of nitrogens with zero attached hydrogens (tertiary/aromatic N) is 6. The molecule has 3 fully saturated rings. The van der Waals surface area contributed by atoms with Gasteiger partial charge >= 0.3 is 5.97 Å². The van der Waals surface area contributed by atoms with Crippen molar-refractivity contribution in [3.8, 4) is 0 Å². The zero-order valence-corrected chi connectivity index (χ0v) is 43.9. The van der Waals surface area contributed by atoms with Gasteiger partial charge in [0.25, 0.3) is 0 Å². The van der Waals surface area contributed by atoms with Gasteiger partial charge in [0.1, 0.15) is 41.7 Å². The van der Waals surface area contributed by atoms with E-state index in [1.807, 2.05) is 44.7 Å². The number of halogens is 2. The van der Waals surface area contributed by atoms with Gasteiger partial charge in [-0.2, -0.15) is 0 Å². The first-order valence-corrected chi connectivity index (χ1v) is 25.4. The van der Waals surface area contributed by atoms with E-state index in [4.69, 9.17) is 28.5 Å². The summed E-state index contributed by atoms with van der Waals surface area (Å²) in [6.07, 6.45) is -5.46. The van der Waals surface area contributed by atoms with E-state index in [1.54, 1.807) is 52.4 Å². The van der Waals surface area contributed by atoms with Crippen LogP contribution < -0.4 is 0 Å². The molecule has 1 aromatic carbocycles. The first kappa shape index (κ1) is 57.0. The lowest BCUT2D eigenvalue weighted by Crippen LogP contribution is -2.62. The molecule has 5 heterocycles. The Bertz CT molecular complexity index is 2100. The molecule has 19 atom stereocenters. The third-order valence-electron chi connectivity index (χ3n) is 16.1. The highest BCUT2D eigenvalue weighted by Gasteiger charge is 2.55. The first-order valence-electron chi connectivity index (χ1n) is 25.4. The fourth-order valence-electron chi connectivity index (χ4n) is 11.8. The minimum atomic E-state index is -1.83. The number of methoxy groups -OCH3 is 1. The lowest BCUT2D eigenvalue weighted by Gasteiger charge is -2.51. The lowest BCUT2D eigenvalue weighted by molar-refractivity contribution is -0.302. The van der Waals surface area contributed by atoms with E-state index >= 15 is 0 Å². The van der Waals surface area contributed by atoms with Crippen molar-refractivity contribution in [3.05, 3.63) is 47.3 Å². The van der Waals surface area contributed by atoms with Crippen LogP contribution in [0.5, 0.6) is 0 Å². The second-order valence-electron chi connectivity index (χ2n) is 22.1. The SMILES string of the molecule is CC[C@H]1OC(=O)[C@H](C)[C@@H](C2C[C@@](C)(OC)[C@@H](O)[C@H](C)O2)[C@H](C)[C@@H](O[C@@H]2O[C@H](C)C[C@H](N(C)CCc3cn(C[C@H]4CC(c5cc(F)cc(F)c5)=NO4)nn3)[C@H]2O)[C@](C)(O)C[C@@H](C)CN(C)[C@H](C)[C@@H](O)[C@]1(C)O.